The van der Waals surface area contributed by atoms with Crippen molar-refractivity contribution in [2.75, 3.05) is 13.1 Å². The van der Waals surface area contributed by atoms with E-state index in [2.05, 4.69) is 59.5 Å². The van der Waals surface area contributed by atoms with Crippen molar-refractivity contribution in [3.8, 4) is 0 Å². The summed E-state index contributed by atoms with van der Waals surface area (Å²) in [4.78, 5) is 2.71. The molecule has 22 heavy (non-hydrogen) atoms. The molecular formula is C20H24ClN. The van der Waals surface area contributed by atoms with Crippen LogP contribution in [0.15, 0.2) is 54.6 Å². The highest BCUT2D eigenvalue weighted by molar-refractivity contribution is 5.85. The summed E-state index contributed by atoms with van der Waals surface area (Å²) in [6.07, 6.45) is 5.27. The molecule has 2 heterocycles. The number of rotatable bonds is 1. The number of hydrogen-bond acceptors (Lipinski definition) is 1. The third kappa shape index (κ3) is 2.80. The van der Waals surface area contributed by atoms with Crippen molar-refractivity contribution in [3.63, 3.8) is 0 Å². The molecule has 2 aromatic rings. The quantitative estimate of drug-likeness (QED) is 0.702. The number of hydrogen-bond donors (Lipinski definition) is 0. The maximum atomic E-state index is 2.71. The first-order valence-corrected chi connectivity index (χ1v) is 8.31. The molecule has 0 aliphatic carbocycles. The van der Waals surface area contributed by atoms with Gasteiger partial charge in [0.2, 0.25) is 0 Å². The highest BCUT2D eigenvalue weighted by Gasteiger charge is 2.31. The van der Waals surface area contributed by atoms with E-state index in [0.29, 0.717) is 12.0 Å². The molecule has 0 N–H and O–H groups in total. The molecule has 1 nitrogen and oxygen atoms in total. The van der Waals surface area contributed by atoms with Gasteiger partial charge in [-0.3, -0.25) is 4.90 Å². The maximum Gasteiger partial charge on any atom is 0.0351 e. The van der Waals surface area contributed by atoms with Crippen LogP contribution in [0.25, 0.3) is 0 Å². The van der Waals surface area contributed by atoms with Crippen molar-refractivity contribution in [2.24, 2.45) is 0 Å². The van der Waals surface area contributed by atoms with Crippen LogP contribution in [0.4, 0.5) is 0 Å². The molecule has 0 amide bonds. The van der Waals surface area contributed by atoms with Crippen LogP contribution in [0.1, 0.15) is 54.3 Å². The molecule has 2 atom stereocenters. The second-order valence-electron chi connectivity index (χ2n) is 6.43. The van der Waals surface area contributed by atoms with Gasteiger partial charge in [-0.25, -0.2) is 0 Å². The van der Waals surface area contributed by atoms with E-state index in [1.165, 1.54) is 44.3 Å². The van der Waals surface area contributed by atoms with Crippen LogP contribution >= 0.6 is 12.4 Å². The Labute approximate surface area is 139 Å². The Hall–Kier alpha value is -1.31. The topological polar surface area (TPSA) is 3.24 Å². The fraction of sp³-hybridized carbons (Fsp3) is 0.400. The van der Waals surface area contributed by atoms with E-state index in [0.717, 1.165) is 0 Å². The first-order chi connectivity index (χ1) is 10.4. The SMILES string of the molecule is Cl.c1ccc([C@@H]2CCCN3CCC[C@@H]3c3ccccc32)cc1. The zero-order valence-electron chi connectivity index (χ0n) is 12.9. The third-order valence-electron chi connectivity index (χ3n) is 5.23. The van der Waals surface area contributed by atoms with E-state index in [1.807, 2.05) is 0 Å². The summed E-state index contributed by atoms with van der Waals surface area (Å²) in [6, 6.07) is 20.9. The second-order valence-corrected chi connectivity index (χ2v) is 6.43. The molecule has 0 unspecified atom stereocenters. The zero-order valence-corrected chi connectivity index (χ0v) is 13.8. The van der Waals surface area contributed by atoms with Gasteiger partial charge < -0.3 is 0 Å². The fourth-order valence-electron chi connectivity index (χ4n) is 4.26. The monoisotopic (exact) mass is 313 g/mol. The summed E-state index contributed by atoms with van der Waals surface area (Å²) in [5.74, 6) is 0.574. The van der Waals surface area contributed by atoms with Crippen molar-refractivity contribution in [2.45, 2.75) is 37.6 Å². The Balaban J connectivity index is 0.00000144. The van der Waals surface area contributed by atoms with Crippen molar-refractivity contribution < 1.29 is 0 Å². The predicted octanol–water partition coefficient (Wildman–Crippen LogP) is 5.17. The van der Waals surface area contributed by atoms with Crippen LogP contribution in [-0.2, 0) is 0 Å². The molecule has 0 radical (unpaired) electrons. The highest BCUT2D eigenvalue weighted by atomic mass is 35.5. The molecule has 0 spiro atoms. The van der Waals surface area contributed by atoms with Gasteiger partial charge in [-0.15, -0.1) is 12.4 Å². The van der Waals surface area contributed by atoms with Crippen LogP contribution in [0.3, 0.4) is 0 Å². The van der Waals surface area contributed by atoms with Gasteiger partial charge in [0.25, 0.3) is 0 Å². The Morgan fingerprint density at radius 3 is 2.14 bits per heavy atom. The summed E-state index contributed by atoms with van der Waals surface area (Å²) in [7, 11) is 0. The molecule has 2 aliphatic rings. The first-order valence-electron chi connectivity index (χ1n) is 8.31. The van der Waals surface area contributed by atoms with Crippen LogP contribution in [0.5, 0.6) is 0 Å². The largest absolute Gasteiger partial charge is 0.296 e. The minimum absolute atomic E-state index is 0. The van der Waals surface area contributed by atoms with Crippen LogP contribution in [-0.4, -0.2) is 18.0 Å². The van der Waals surface area contributed by atoms with Gasteiger partial charge in [0.1, 0.15) is 0 Å². The minimum Gasteiger partial charge on any atom is -0.296 e. The molecule has 0 bridgehead atoms. The summed E-state index contributed by atoms with van der Waals surface area (Å²) < 4.78 is 0. The summed E-state index contributed by atoms with van der Waals surface area (Å²) in [5, 5.41) is 0. The average molecular weight is 314 g/mol. The van der Waals surface area contributed by atoms with Crippen molar-refractivity contribution in [3.05, 3.63) is 71.3 Å². The minimum atomic E-state index is 0. The van der Waals surface area contributed by atoms with E-state index in [9.17, 15) is 0 Å². The van der Waals surface area contributed by atoms with Gasteiger partial charge in [-0.05, 0) is 55.5 Å². The van der Waals surface area contributed by atoms with Crippen molar-refractivity contribution in [1.82, 2.24) is 4.90 Å². The standard InChI is InChI=1S/C20H23N.ClH/c1-2-8-16(9-3-1)17-12-6-14-21-15-7-13-20(21)19-11-5-4-10-18(17)19;/h1-5,8-11,17,20H,6-7,12-15H2;1H/t17-,20+;/m0./s1. The Morgan fingerprint density at radius 2 is 1.36 bits per heavy atom. The molecular weight excluding hydrogens is 290 g/mol. The fourth-order valence-corrected chi connectivity index (χ4v) is 4.26. The molecule has 2 aromatic carbocycles. The normalized spacial score (nSPS) is 24.5. The third-order valence-corrected chi connectivity index (χ3v) is 5.23. The Bertz CT molecular complexity index is 610. The maximum absolute atomic E-state index is 2.71. The number of benzene rings is 2. The van der Waals surface area contributed by atoms with E-state index in [-0.39, 0.29) is 12.4 Å². The summed E-state index contributed by atoms with van der Waals surface area (Å²) >= 11 is 0. The van der Waals surface area contributed by atoms with Crippen molar-refractivity contribution >= 4 is 12.4 Å². The number of nitrogens with zero attached hydrogens (tertiary/aromatic N) is 1. The molecule has 2 heteroatoms. The van der Waals surface area contributed by atoms with Gasteiger partial charge in [-0.1, -0.05) is 54.6 Å². The lowest BCUT2D eigenvalue weighted by Crippen LogP contribution is -2.28. The zero-order chi connectivity index (χ0) is 14.1. The lowest BCUT2D eigenvalue weighted by molar-refractivity contribution is 0.242. The predicted molar refractivity (Wildman–Crippen MR) is 94.8 cm³/mol. The average Bonchev–Trinajstić information content (AvgIpc) is 2.98. The van der Waals surface area contributed by atoms with Crippen LogP contribution < -0.4 is 0 Å². The van der Waals surface area contributed by atoms with Gasteiger partial charge in [0.05, 0.1) is 0 Å². The van der Waals surface area contributed by atoms with E-state index < -0.39 is 0 Å². The summed E-state index contributed by atoms with van der Waals surface area (Å²) in [6.45, 7) is 2.55. The lowest BCUT2D eigenvalue weighted by atomic mass is 9.81. The van der Waals surface area contributed by atoms with Gasteiger partial charge in [0.15, 0.2) is 0 Å². The Morgan fingerprint density at radius 1 is 0.727 bits per heavy atom. The summed E-state index contributed by atoms with van der Waals surface area (Å²) in [5.41, 5.74) is 4.64. The molecule has 1 saturated heterocycles. The van der Waals surface area contributed by atoms with E-state index in [1.54, 1.807) is 11.1 Å². The molecule has 0 aromatic heterocycles. The van der Waals surface area contributed by atoms with Gasteiger partial charge in [-0.2, -0.15) is 0 Å². The van der Waals surface area contributed by atoms with E-state index >= 15 is 0 Å². The highest BCUT2D eigenvalue weighted by Crippen LogP contribution is 2.41. The second kappa shape index (κ2) is 6.85. The van der Waals surface area contributed by atoms with Crippen LogP contribution in [0, 0.1) is 0 Å². The molecule has 1 fully saturated rings. The van der Waals surface area contributed by atoms with Crippen molar-refractivity contribution in [1.29, 1.82) is 0 Å². The molecule has 2 aliphatic heterocycles. The first kappa shape index (κ1) is 15.6. The van der Waals surface area contributed by atoms with E-state index in [4.69, 9.17) is 0 Å². The smallest absolute Gasteiger partial charge is 0.0351 e. The molecule has 116 valence electrons. The molecule has 0 saturated carbocycles. The van der Waals surface area contributed by atoms with Gasteiger partial charge >= 0.3 is 0 Å². The molecule has 4 rings (SSSR count). The number of halogens is 1. The number of fused-ring (bicyclic) bond motifs is 3. The lowest BCUT2D eigenvalue weighted by Gasteiger charge is -2.32. The van der Waals surface area contributed by atoms with Gasteiger partial charge in [0, 0.05) is 12.0 Å². The Kier molecular flexibility index (Phi) is 4.85. The van der Waals surface area contributed by atoms with Crippen LogP contribution in [0.2, 0.25) is 0 Å².